The first kappa shape index (κ1) is 11.4. The number of rotatable bonds is 4. The van der Waals surface area contributed by atoms with Gasteiger partial charge in [0.05, 0.1) is 5.60 Å². The molecule has 1 heterocycles. The highest BCUT2D eigenvalue weighted by atomic mass is 16.3. The molecule has 0 aromatic carbocycles. The standard InChI is InChI=1S/C13H20N2O/c1-13(16,8-10-4-2-5-10)9-11-6-3-7-15-12(11)14/h3,6-7,10,16H,2,4-5,8-9H2,1H3,(H2,14,15). The van der Waals surface area contributed by atoms with Gasteiger partial charge >= 0.3 is 0 Å². The third-order valence-corrected chi connectivity index (χ3v) is 3.45. The zero-order chi connectivity index (χ0) is 11.6. The maximum absolute atomic E-state index is 10.3. The van der Waals surface area contributed by atoms with Crippen molar-refractivity contribution in [1.29, 1.82) is 0 Å². The zero-order valence-electron chi connectivity index (χ0n) is 9.82. The molecule has 0 saturated heterocycles. The van der Waals surface area contributed by atoms with Crippen LogP contribution in [0.1, 0.15) is 38.2 Å². The highest BCUT2D eigenvalue weighted by Crippen LogP contribution is 2.35. The summed E-state index contributed by atoms with van der Waals surface area (Å²) in [7, 11) is 0. The number of nitrogen functional groups attached to an aromatic ring is 1. The van der Waals surface area contributed by atoms with E-state index in [-0.39, 0.29) is 0 Å². The third-order valence-electron chi connectivity index (χ3n) is 3.45. The molecule has 1 fully saturated rings. The van der Waals surface area contributed by atoms with Crippen LogP contribution in [-0.4, -0.2) is 15.7 Å². The molecule has 1 unspecified atom stereocenters. The number of nitrogens with two attached hydrogens (primary N) is 1. The van der Waals surface area contributed by atoms with Crippen LogP contribution in [0.4, 0.5) is 5.82 Å². The maximum Gasteiger partial charge on any atom is 0.126 e. The number of aliphatic hydroxyl groups is 1. The molecule has 0 radical (unpaired) electrons. The summed E-state index contributed by atoms with van der Waals surface area (Å²) < 4.78 is 0. The van der Waals surface area contributed by atoms with Crippen molar-refractivity contribution >= 4 is 5.82 Å². The van der Waals surface area contributed by atoms with Crippen LogP contribution >= 0.6 is 0 Å². The summed E-state index contributed by atoms with van der Waals surface area (Å²) in [5.41, 5.74) is 6.08. The summed E-state index contributed by atoms with van der Waals surface area (Å²) in [6, 6.07) is 3.81. The molecule has 1 aromatic rings. The van der Waals surface area contributed by atoms with E-state index in [2.05, 4.69) is 4.98 Å². The van der Waals surface area contributed by atoms with Crippen LogP contribution < -0.4 is 5.73 Å². The molecule has 1 aliphatic rings. The summed E-state index contributed by atoms with van der Waals surface area (Å²) in [5.74, 6) is 1.24. The SMILES string of the molecule is CC(O)(Cc1cccnc1N)CC1CCC1. The molecule has 3 N–H and O–H groups in total. The van der Waals surface area contributed by atoms with Gasteiger partial charge in [0.25, 0.3) is 0 Å². The number of aromatic nitrogens is 1. The van der Waals surface area contributed by atoms with Crippen molar-refractivity contribution in [2.24, 2.45) is 5.92 Å². The third kappa shape index (κ3) is 2.73. The molecule has 0 amide bonds. The van der Waals surface area contributed by atoms with E-state index in [1.807, 2.05) is 19.1 Å². The Morgan fingerprint density at radius 1 is 1.56 bits per heavy atom. The smallest absolute Gasteiger partial charge is 0.126 e. The van der Waals surface area contributed by atoms with Gasteiger partial charge in [-0.25, -0.2) is 4.98 Å². The van der Waals surface area contributed by atoms with E-state index in [4.69, 9.17) is 5.73 Å². The first-order valence-electron chi connectivity index (χ1n) is 5.98. The molecule has 0 spiro atoms. The fourth-order valence-electron chi connectivity index (χ4n) is 2.40. The average molecular weight is 220 g/mol. The minimum atomic E-state index is -0.651. The van der Waals surface area contributed by atoms with Crippen LogP contribution in [0.2, 0.25) is 0 Å². The van der Waals surface area contributed by atoms with Crippen molar-refractivity contribution in [3.8, 4) is 0 Å². The number of nitrogens with zero attached hydrogens (tertiary/aromatic N) is 1. The van der Waals surface area contributed by atoms with Gasteiger partial charge in [0.15, 0.2) is 0 Å². The molecule has 3 heteroatoms. The van der Waals surface area contributed by atoms with E-state index in [1.165, 1.54) is 19.3 Å². The second kappa shape index (κ2) is 4.42. The van der Waals surface area contributed by atoms with Gasteiger partial charge in [-0.2, -0.15) is 0 Å². The van der Waals surface area contributed by atoms with Gasteiger partial charge in [0, 0.05) is 12.6 Å². The van der Waals surface area contributed by atoms with E-state index < -0.39 is 5.60 Å². The van der Waals surface area contributed by atoms with Gasteiger partial charge in [0.2, 0.25) is 0 Å². The monoisotopic (exact) mass is 220 g/mol. The lowest BCUT2D eigenvalue weighted by atomic mass is 9.76. The molecule has 1 aliphatic carbocycles. The summed E-state index contributed by atoms with van der Waals surface area (Å²) in [6.45, 7) is 1.90. The number of hydrogen-bond donors (Lipinski definition) is 2. The summed E-state index contributed by atoms with van der Waals surface area (Å²) in [6.07, 6.45) is 7.00. The second-order valence-corrected chi connectivity index (χ2v) is 5.22. The fraction of sp³-hybridized carbons (Fsp3) is 0.615. The highest BCUT2D eigenvalue weighted by Gasteiger charge is 2.29. The second-order valence-electron chi connectivity index (χ2n) is 5.22. The summed E-state index contributed by atoms with van der Waals surface area (Å²) in [5, 5.41) is 10.3. The lowest BCUT2D eigenvalue weighted by Crippen LogP contribution is -2.32. The van der Waals surface area contributed by atoms with Gasteiger partial charge in [0.1, 0.15) is 5.82 Å². The van der Waals surface area contributed by atoms with Crippen LogP contribution in [0, 0.1) is 5.92 Å². The molecular formula is C13H20N2O. The van der Waals surface area contributed by atoms with Gasteiger partial charge in [-0.05, 0) is 30.9 Å². The lowest BCUT2D eigenvalue weighted by Gasteiger charge is -2.33. The molecule has 3 nitrogen and oxygen atoms in total. The number of anilines is 1. The number of hydrogen-bond acceptors (Lipinski definition) is 3. The zero-order valence-corrected chi connectivity index (χ0v) is 9.82. The maximum atomic E-state index is 10.3. The lowest BCUT2D eigenvalue weighted by molar-refractivity contribution is 0.0205. The molecule has 88 valence electrons. The van der Waals surface area contributed by atoms with E-state index in [0.29, 0.717) is 18.2 Å². The predicted molar refractivity (Wildman–Crippen MR) is 64.9 cm³/mol. The quantitative estimate of drug-likeness (QED) is 0.817. The largest absolute Gasteiger partial charge is 0.390 e. The van der Waals surface area contributed by atoms with Crippen molar-refractivity contribution in [2.45, 2.75) is 44.6 Å². The molecule has 16 heavy (non-hydrogen) atoms. The topological polar surface area (TPSA) is 59.1 Å². The molecule has 0 aliphatic heterocycles. The molecule has 1 aromatic heterocycles. The minimum absolute atomic E-state index is 0.538. The molecular weight excluding hydrogens is 200 g/mol. The van der Waals surface area contributed by atoms with Crippen LogP contribution in [0.25, 0.3) is 0 Å². The average Bonchev–Trinajstić information content (AvgIpc) is 2.16. The Morgan fingerprint density at radius 3 is 2.88 bits per heavy atom. The summed E-state index contributed by atoms with van der Waals surface area (Å²) >= 11 is 0. The van der Waals surface area contributed by atoms with Crippen molar-refractivity contribution in [3.63, 3.8) is 0 Å². The Labute approximate surface area is 96.7 Å². The Balaban J connectivity index is 1.99. The molecule has 1 atom stereocenters. The minimum Gasteiger partial charge on any atom is -0.390 e. The van der Waals surface area contributed by atoms with Crippen LogP contribution in [0.3, 0.4) is 0 Å². The molecule has 2 rings (SSSR count). The first-order chi connectivity index (χ1) is 7.57. The van der Waals surface area contributed by atoms with Crippen LogP contribution in [0.15, 0.2) is 18.3 Å². The van der Waals surface area contributed by atoms with Crippen molar-refractivity contribution in [1.82, 2.24) is 4.98 Å². The summed E-state index contributed by atoms with van der Waals surface area (Å²) in [4.78, 5) is 4.04. The van der Waals surface area contributed by atoms with Gasteiger partial charge in [-0.15, -0.1) is 0 Å². The van der Waals surface area contributed by atoms with E-state index >= 15 is 0 Å². The Morgan fingerprint density at radius 2 is 2.31 bits per heavy atom. The van der Waals surface area contributed by atoms with Crippen molar-refractivity contribution in [2.75, 3.05) is 5.73 Å². The van der Waals surface area contributed by atoms with Crippen molar-refractivity contribution < 1.29 is 5.11 Å². The number of pyridine rings is 1. The molecule has 1 saturated carbocycles. The first-order valence-corrected chi connectivity index (χ1v) is 5.98. The van der Waals surface area contributed by atoms with Gasteiger partial charge in [-0.1, -0.05) is 25.3 Å². The Kier molecular flexibility index (Phi) is 3.15. The van der Waals surface area contributed by atoms with Crippen LogP contribution in [0.5, 0.6) is 0 Å². The Hall–Kier alpha value is -1.09. The highest BCUT2D eigenvalue weighted by molar-refractivity contribution is 5.39. The van der Waals surface area contributed by atoms with Gasteiger partial charge in [-0.3, -0.25) is 0 Å². The van der Waals surface area contributed by atoms with E-state index in [0.717, 1.165) is 12.0 Å². The van der Waals surface area contributed by atoms with Crippen molar-refractivity contribution in [3.05, 3.63) is 23.9 Å². The predicted octanol–water partition coefficient (Wildman–Crippen LogP) is 2.15. The molecule has 0 bridgehead atoms. The van der Waals surface area contributed by atoms with E-state index in [1.54, 1.807) is 6.20 Å². The van der Waals surface area contributed by atoms with Crippen LogP contribution in [-0.2, 0) is 6.42 Å². The normalized spacial score (nSPS) is 20.1. The Bertz CT molecular complexity index is 359. The van der Waals surface area contributed by atoms with E-state index in [9.17, 15) is 5.11 Å². The fourth-order valence-corrected chi connectivity index (χ4v) is 2.40. The van der Waals surface area contributed by atoms with Gasteiger partial charge < -0.3 is 10.8 Å².